The molecule has 0 aliphatic rings. The van der Waals surface area contributed by atoms with Gasteiger partial charge in [0.1, 0.15) is 23.5 Å². The lowest BCUT2D eigenvalue weighted by Gasteiger charge is -2.20. The lowest BCUT2D eigenvalue weighted by atomic mass is 10.2. The van der Waals surface area contributed by atoms with Gasteiger partial charge in [-0.1, -0.05) is 31.2 Å². The molecule has 2 aromatic heterocycles. The highest BCUT2D eigenvalue weighted by molar-refractivity contribution is 5.93. The predicted octanol–water partition coefficient (Wildman–Crippen LogP) is 3.86. The Kier molecular flexibility index (Phi) is 7.27. The van der Waals surface area contributed by atoms with Crippen LogP contribution in [0.15, 0.2) is 53.3 Å². The van der Waals surface area contributed by atoms with Gasteiger partial charge in [0.15, 0.2) is 0 Å². The zero-order valence-corrected chi connectivity index (χ0v) is 20.4. The average molecular weight is 487 g/mol. The molecular weight excluding hydrogens is 459 g/mol. The van der Waals surface area contributed by atoms with Gasteiger partial charge < -0.3 is 14.9 Å². The fourth-order valence-electron chi connectivity index (χ4n) is 4.18. The monoisotopic (exact) mass is 486 g/mol. The molecule has 4 rings (SSSR count). The van der Waals surface area contributed by atoms with Crippen LogP contribution in [0.1, 0.15) is 35.1 Å². The van der Waals surface area contributed by atoms with Gasteiger partial charge in [-0.2, -0.15) is 5.26 Å². The first-order valence-corrected chi connectivity index (χ1v) is 11.6. The minimum atomic E-state index is -0.327. The quantitative estimate of drug-likeness (QED) is 0.393. The normalized spacial score (nSPS) is 11.1. The number of hydrogen-bond acceptors (Lipinski definition) is 5. The summed E-state index contributed by atoms with van der Waals surface area (Å²) in [6.45, 7) is 6.88. The number of carbonyl (C=O) groups is 1. The van der Waals surface area contributed by atoms with Gasteiger partial charge in [0.25, 0.3) is 5.56 Å². The second-order valence-corrected chi connectivity index (χ2v) is 8.64. The van der Waals surface area contributed by atoms with E-state index >= 15 is 0 Å². The molecule has 1 amide bonds. The third-order valence-corrected chi connectivity index (χ3v) is 6.30. The van der Waals surface area contributed by atoms with Crippen molar-refractivity contribution >= 4 is 22.6 Å². The molecule has 0 saturated carbocycles. The highest BCUT2D eigenvalue weighted by Crippen LogP contribution is 2.27. The summed E-state index contributed by atoms with van der Waals surface area (Å²) >= 11 is 0. The molecule has 0 unspecified atom stereocenters. The van der Waals surface area contributed by atoms with Crippen LogP contribution in [-0.2, 0) is 17.9 Å². The van der Waals surface area contributed by atoms with E-state index in [2.05, 4.69) is 21.4 Å². The molecule has 4 aromatic rings. The molecule has 0 fully saturated rings. The molecule has 8 nitrogen and oxygen atoms in total. The van der Waals surface area contributed by atoms with Crippen LogP contribution in [-0.4, -0.2) is 38.4 Å². The summed E-state index contributed by atoms with van der Waals surface area (Å²) in [6, 6.07) is 15.4. The second kappa shape index (κ2) is 10.5. The van der Waals surface area contributed by atoms with E-state index in [9.17, 15) is 19.2 Å². The van der Waals surface area contributed by atoms with Crippen LogP contribution in [0, 0.1) is 31.0 Å². The Morgan fingerprint density at radius 2 is 1.92 bits per heavy atom. The van der Waals surface area contributed by atoms with Crippen LogP contribution < -0.4 is 10.9 Å². The molecule has 0 aliphatic heterocycles. The standard InChI is InChI=1S/C27H27FN6O2/c1-4-33(15-24-30-23-8-6-5-7-21(23)27(36)31-24)16-25(35)32-26-22(13-29)17(2)18(3)34(26)14-19-9-11-20(28)12-10-19/h5-12H,4,14-16H2,1-3H3,(H,32,35)(H,30,31,36). The smallest absolute Gasteiger partial charge is 0.258 e. The van der Waals surface area contributed by atoms with Crippen LogP contribution >= 0.6 is 0 Å². The van der Waals surface area contributed by atoms with Gasteiger partial charge in [0, 0.05) is 12.2 Å². The largest absolute Gasteiger partial charge is 0.326 e. The number of anilines is 1. The molecule has 2 aromatic carbocycles. The topological polar surface area (TPSA) is 107 Å². The molecule has 9 heteroatoms. The Morgan fingerprint density at radius 3 is 2.61 bits per heavy atom. The van der Waals surface area contributed by atoms with Crippen molar-refractivity contribution in [1.82, 2.24) is 19.4 Å². The van der Waals surface area contributed by atoms with Crippen LogP contribution in [0.4, 0.5) is 10.2 Å². The number of benzene rings is 2. The average Bonchev–Trinajstić information content (AvgIpc) is 3.08. The van der Waals surface area contributed by atoms with Gasteiger partial charge in [-0.15, -0.1) is 0 Å². The summed E-state index contributed by atoms with van der Waals surface area (Å²) in [4.78, 5) is 34.6. The van der Waals surface area contributed by atoms with Gasteiger partial charge in [0.2, 0.25) is 5.91 Å². The minimum absolute atomic E-state index is 0.0394. The van der Waals surface area contributed by atoms with E-state index < -0.39 is 0 Å². The maximum atomic E-state index is 13.4. The molecule has 0 radical (unpaired) electrons. The first-order valence-electron chi connectivity index (χ1n) is 11.6. The number of amides is 1. The lowest BCUT2D eigenvalue weighted by Crippen LogP contribution is -2.34. The number of aromatic nitrogens is 3. The zero-order valence-electron chi connectivity index (χ0n) is 20.4. The fraction of sp³-hybridized carbons (Fsp3) is 0.259. The van der Waals surface area contributed by atoms with E-state index in [1.807, 2.05) is 36.3 Å². The molecule has 0 atom stereocenters. The van der Waals surface area contributed by atoms with Crippen molar-refractivity contribution in [3.8, 4) is 6.07 Å². The Balaban J connectivity index is 1.54. The van der Waals surface area contributed by atoms with Gasteiger partial charge in [-0.3, -0.25) is 14.5 Å². The maximum absolute atomic E-state index is 13.4. The van der Waals surface area contributed by atoms with Crippen molar-refractivity contribution < 1.29 is 9.18 Å². The number of halogens is 1. The van der Waals surface area contributed by atoms with Crippen molar-refractivity contribution in [3.05, 3.63) is 92.9 Å². The Hall–Kier alpha value is -4.29. The van der Waals surface area contributed by atoms with Crippen molar-refractivity contribution in [3.63, 3.8) is 0 Å². The molecule has 36 heavy (non-hydrogen) atoms. The van der Waals surface area contributed by atoms with Gasteiger partial charge in [-0.25, -0.2) is 9.37 Å². The van der Waals surface area contributed by atoms with Crippen LogP contribution in [0.5, 0.6) is 0 Å². The summed E-state index contributed by atoms with van der Waals surface area (Å²) in [5.74, 6) is 0.259. The number of para-hydroxylation sites is 1. The lowest BCUT2D eigenvalue weighted by molar-refractivity contribution is -0.117. The number of carbonyl (C=O) groups excluding carboxylic acids is 1. The summed E-state index contributed by atoms with van der Waals surface area (Å²) in [7, 11) is 0. The van der Waals surface area contributed by atoms with E-state index in [1.165, 1.54) is 12.1 Å². The Bertz CT molecular complexity index is 1510. The molecular formula is C27H27FN6O2. The second-order valence-electron chi connectivity index (χ2n) is 8.64. The number of rotatable bonds is 8. The fourth-order valence-corrected chi connectivity index (χ4v) is 4.18. The summed E-state index contributed by atoms with van der Waals surface area (Å²) < 4.78 is 15.2. The summed E-state index contributed by atoms with van der Waals surface area (Å²) in [5.41, 5.74) is 3.23. The van der Waals surface area contributed by atoms with Crippen molar-refractivity contribution in [2.45, 2.75) is 33.9 Å². The zero-order chi connectivity index (χ0) is 25.8. The van der Waals surface area contributed by atoms with Crippen molar-refractivity contribution in [1.29, 1.82) is 5.26 Å². The minimum Gasteiger partial charge on any atom is -0.326 e. The van der Waals surface area contributed by atoms with E-state index in [-0.39, 0.29) is 30.4 Å². The molecule has 184 valence electrons. The summed E-state index contributed by atoms with van der Waals surface area (Å²) in [6.07, 6.45) is 0. The Morgan fingerprint density at radius 1 is 1.19 bits per heavy atom. The number of H-pyrrole nitrogens is 1. The molecule has 0 spiro atoms. The molecule has 2 heterocycles. The van der Waals surface area contributed by atoms with Crippen LogP contribution in [0.2, 0.25) is 0 Å². The number of hydrogen-bond donors (Lipinski definition) is 2. The van der Waals surface area contributed by atoms with E-state index in [4.69, 9.17) is 0 Å². The molecule has 2 N–H and O–H groups in total. The highest BCUT2D eigenvalue weighted by atomic mass is 19.1. The number of nitrogens with one attached hydrogen (secondary N) is 2. The van der Waals surface area contributed by atoms with Crippen LogP contribution in [0.3, 0.4) is 0 Å². The SMILES string of the molecule is CCN(CC(=O)Nc1c(C#N)c(C)c(C)n1Cc1ccc(F)cc1)Cc1nc2ccccc2c(=O)[nH]1. The number of aromatic amines is 1. The number of nitriles is 1. The van der Waals surface area contributed by atoms with Gasteiger partial charge in [0.05, 0.1) is 29.6 Å². The van der Waals surface area contributed by atoms with Crippen molar-refractivity contribution in [2.24, 2.45) is 0 Å². The van der Waals surface area contributed by atoms with E-state index in [0.29, 0.717) is 41.2 Å². The molecule has 0 saturated heterocycles. The highest BCUT2D eigenvalue weighted by Gasteiger charge is 2.21. The third kappa shape index (κ3) is 5.19. The molecule has 0 aliphatic carbocycles. The van der Waals surface area contributed by atoms with Gasteiger partial charge in [-0.05, 0) is 55.8 Å². The first kappa shape index (κ1) is 24.8. The molecule has 0 bridgehead atoms. The number of fused-ring (bicyclic) bond motifs is 1. The number of nitrogens with zero attached hydrogens (tertiary/aromatic N) is 4. The predicted molar refractivity (Wildman–Crippen MR) is 136 cm³/mol. The van der Waals surface area contributed by atoms with Gasteiger partial charge >= 0.3 is 0 Å². The Labute approximate surface area is 208 Å². The van der Waals surface area contributed by atoms with E-state index in [0.717, 1.165) is 16.8 Å². The van der Waals surface area contributed by atoms with Crippen LogP contribution in [0.25, 0.3) is 10.9 Å². The van der Waals surface area contributed by atoms with E-state index in [1.54, 1.807) is 30.3 Å². The number of likely N-dealkylation sites (N-methyl/N-ethyl adjacent to an activating group) is 1. The first-order chi connectivity index (χ1) is 17.3. The summed E-state index contributed by atoms with van der Waals surface area (Å²) in [5, 5.41) is 13.2. The van der Waals surface area contributed by atoms with Crippen molar-refractivity contribution in [2.75, 3.05) is 18.4 Å². The third-order valence-electron chi connectivity index (χ3n) is 6.30. The maximum Gasteiger partial charge on any atom is 0.258 e.